The number of fused-ring (bicyclic) bond motifs is 2. The summed E-state index contributed by atoms with van der Waals surface area (Å²) in [5.41, 5.74) is 2.98. The zero-order chi connectivity index (χ0) is 36.2. The topological polar surface area (TPSA) is 97.6 Å². The molecule has 0 saturated carbocycles. The molecule has 1 atom stereocenters. The van der Waals surface area contributed by atoms with Gasteiger partial charge in [0, 0.05) is 0 Å². The van der Waals surface area contributed by atoms with Crippen LogP contribution in [0.25, 0.3) is 16.8 Å². The highest BCUT2D eigenvalue weighted by atomic mass is 127. The number of benzene rings is 4. The minimum atomic E-state index is -0.798. The number of allylic oxidation sites excluding steroid dienone is 1. The highest BCUT2D eigenvalue weighted by molar-refractivity contribution is 14.1. The standard InChI is InChI=1S/C40H39IN2O7S/c1-7-47-33-19-25(18-30(41)37(33)49-22-28-14-11-13-26-12-9-10-15-29(26)28)20-34-38(44)43-36(27-16-17-31(50-23(3)4)32(21-27)46-6)35(39(45)48-8-2)24(5)42-40(43)51-34/h9-21,23,36H,7-8,22H2,1-6H3/b34-20+/t36-/m1/s1. The summed E-state index contributed by atoms with van der Waals surface area (Å²) in [7, 11) is 1.56. The fourth-order valence-electron chi connectivity index (χ4n) is 6.11. The fourth-order valence-corrected chi connectivity index (χ4v) is 7.93. The number of esters is 1. The number of nitrogens with zero attached hydrogens (tertiary/aromatic N) is 2. The number of hydrogen-bond acceptors (Lipinski definition) is 9. The normalized spacial score (nSPS) is 14.4. The van der Waals surface area contributed by atoms with Crippen LogP contribution in [0.15, 0.2) is 93.9 Å². The van der Waals surface area contributed by atoms with Crippen molar-refractivity contribution in [3.8, 4) is 23.0 Å². The first-order valence-electron chi connectivity index (χ1n) is 16.7. The van der Waals surface area contributed by atoms with Crippen molar-refractivity contribution in [1.29, 1.82) is 0 Å². The first-order valence-corrected chi connectivity index (χ1v) is 18.6. The van der Waals surface area contributed by atoms with E-state index in [4.69, 9.17) is 28.7 Å². The SMILES string of the molecule is CCOC(=O)C1=C(C)N=c2s/c(=C/c3cc(I)c(OCc4cccc5ccccc45)c(OCC)c3)c(=O)n2[C@@H]1c1ccc(OC(C)C)c(OC)c1. The Labute approximate surface area is 313 Å². The molecule has 2 heterocycles. The van der Waals surface area contributed by atoms with E-state index in [0.29, 0.717) is 56.8 Å². The van der Waals surface area contributed by atoms with Gasteiger partial charge < -0.3 is 23.7 Å². The van der Waals surface area contributed by atoms with Gasteiger partial charge in [-0.1, -0.05) is 59.9 Å². The third kappa shape index (κ3) is 7.55. The van der Waals surface area contributed by atoms with E-state index >= 15 is 0 Å². The van der Waals surface area contributed by atoms with E-state index < -0.39 is 12.0 Å². The first kappa shape index (κ1) is 36.2. The molecular weight excluding hydrogens is 779 g/mol. The maximum absolute atomic E-state index is 14.3. The maximum Gasteiger partial charge on any atom is 0.338 e. The average Bonchev–Trinajstić information content (AvgIpc) is 3.40. The van der Waals surface area contributed by atoms with Gasteiger partial charge in [0.15, 0.2) is 27.8 Å². The molecule has 6 rings (SSSR count). The van der Waals surface area contributed by atoms with Crippen molar-refractivity contribution < 1.29 is 28.5 Å². The smallest absolute Gasteiger partial charge is 0.338 e. The molecule has 0 radical (unpaired) electrons. The van der Waals surface area contributed by atoms with Crippen LogP contribution in [0.1, 0.15) is 57.4 Å². The molecule has 4 aromatic carbocycles. The number of ether oxygens (including phenoxy) is 5. The number of halogens is 1. The Bertz CT molecular complexity index is 2320. The molecule has 0 bridgehead atoms. The van der Waals surface area contributed by atoms with E-state index in [1.807, 2.05) is 63.2 Å². The molecular formula is C40H39IN2O7S. The van der Waals surface area contributed by atoms with Crippen molar-refractivity contribution in [3.63, 3.8) is 0 Å². The van der Waals surface area contributed by atoms with E-state index in [-0.39, 0.29) is 23.8 Å². The molecule has 0 spiro atoms. The zero-order valence-corrected chi connectivity index (χ0v) is 32.3. The third-order valence-corrected chi connectivity index (χ3v) is 10.0. The van der Waals surface area contributed by atoms with Gasteiger partial charge in [0.25, 0.3) is 5.56 Å². The number of carbonyl (C=O) groups excluding carboxylic acids is 1. The summed E-state index contributed by atoms with van der Waals surface area (Å²) in [6.07, 6.45) is 1.75. The minimum absolute atomic E-state index is 0.0733. The van der Waals surface area contributed by atoms with Crippen molar-refractivity contribution in [1.82, 2.24) is 4.57 Å². The van der Waals surface area contributed by atoms with Gasteiger partial charge in [0.1, 0.15) is 6.61 Å². The van der Waals surface area contributed by atoms with Crippen LogP contribution in [0.4, 0.5) is 0 Å². The van der Waals surface area contributed by atoms with E-state index in [9.17, 15) is 9.59 Å². The number of rotatable bonds is 12. The van der Waals surface area contributed by atoms with Crippen LogP contribution < -0.4 is 33.8 Å². The Morgan fingerprint density at radius 2 is 1.76 bits per heavy atom. The molecule has 51 heavy (non-hydrogen) atoms. The molecule has 9 nitrogen and oxygen atoms in total. The second-order valence-corrected chi connectivity index (χ2v) is 14.2. The van der Waals surface area contributed by atoms with Gasteiger partial charge in [0.2, 0.25) is 0 Å². The molecule has 0 saturated heterocycles. The largest absolute Gasteiger partial charge is 0.493 e. The minimum Gasteiger partial charge on any atom is -0.493 e. The van der Waals surface area contributed by atoms with Gasteiger partial charge in [0.05, 0.1) is 51.8 Å². The number of methoxy groups -OCH3 is 1. The lowest BCUT2D eigenvalue weighted by molar-refractivity contribution is -0.139. The van der Waals surface area contributed by atoms with E-state index in [1.54, 1.807) is 37.7 Å². The van der Waals surface area contributed by atoms with Crippen LogP contribution in [-0.2, 0) is 16.1 Å². The number of carbonyl (C=O) groups is 1. The molecule has 0 N–H and O–H groups in total. The van der Waals surface area contributed by atoms with Crippen molar-refractivity contribution in [2.45, 2.75) is 53.4 Å². The molecule has 1 aliphatic heterocycles. The summed E-state index contributed by atoms with van der Waals surface area (Å²) >= 11 is 3.50. The average molecular weight is 819 g/mol. The predicted molar refractivity (Wildman–Crippen MR) is 208 cm³/mol. The lowest BCUT2D eigenvalue weighted by Crippen LogP contribution is -2.40. The van der Waals surface area contributed by atoms with E-state index in [0.717, 1.165) is 25.5 Å². The van der Waals surface area contributed by atoms with Gasteiger partial charge in [-0.3, -0.25) is 9.36 Å². The highest BCUT2D eigenvalue weighted by Gasteiger charge is 2.34. The third-order valence-electron chi connectivity index (χ3n) is 8.26. The molecule has 0 fully saturated rings. The molecule has 0 unspecified atom stereocenters. The molecule has 0 amide bonds. The van der Waals surface area contributed by atoms with Crippen molar-refractivity contribution in [2.75, 3.05) is 20.3 Å². The summed E-state index contributed by atoms with van der Waals surface area (Å²) in [4.78, 5) is 32.9. The number of aromatic nitrogens is 1. The zero-order valence-electron chi connectivity index (χ0n) is 29.3. The van der Waals surface area contributed by atoms with Crippen molar-refractivity contribution in [3.05, 3.63) is 124 Å². The van der Waals surface area contributed by atoms with Gasteiger partial charge in [-0.25, -0.2) is 9.79 Å². The monoisotopic (exact) mass is 818 g/mol. The molecule has 11 heteroatoms. The predicted octanol–water partition coefficient (Wildman–Crippen LogP) is 7.33. The van der Waals surface area contributed by atoms with Crippen LogP contribution in [0.3, 0.4) is 0 Å². The molecule has 264 valence electrons. The Hall–Kier alpha value is -4.62. The summed E-state index contributed by atoms with van der Waals surface area (Å²) in [6.45, 7) is 10.3. The van der Waals surface area contributed by atoms with Crippen molar-refractivity contribution >= 4 is 56.7 Å². The maximum atomic E-state index is 14.3. The Morgan fingerprint density at radius 1 is 0.980 bits per heavy atom. The Morgan fingerprint density at radius 3 is 2.51 bits per heavy atom. The van der Waals surface area contributed by atoms with Crippen LogP contribution in [0, 0.1) is 3.57 Å². The van der Waals surface area contributed by atoms with Gasteiger partial charge in [-0.05, 0) is 115 Å². The second-order valence-electron chi connectivity index (χ2n) is 12.1. The van der Waals surface area contributed by atoms with Crippen LogP contribution >= 0.6 is 33.9 Å². The van der Waals surface area contributed by atoms with Gasteiger partial charge in [-0.2, -0.15) is 0 Å². The summed E-state index contributed by atoms with van der Waals surface area (Å²) < 4.78 is 32.4. The Kier molecular flexibility index (Phi) is 11.2. The first-order chi connectivity index (χ1) is 24.6. The number of hydrogen-bond donors (Lipinski definition) is 0. The highest BCUT2D eigenvalue weighted by Crippen LogP contribution is 2.38. The van der Waals surface area contributed by atoms with E-state index in [2.05, 4.69) is 46.9 Å². The second kappa shape index (κ2) is 15.7. The van der Waals surface area contributed by atoms with Crippen LogP contribution in [0.5, 0.6) is 23.0 Å². The molecule has 0 aliphatic carbocycles. The lowest BCUT2D eigenvalue weighted by atomic mass is 9.95. The summed E-state index contributed by atoms with van der Waals surface area (Å²) in [6, 6.07) is 22.9. The van der Waals surface area contributed by atoms with Crippen LogP contribution in [-0.4, -0.2) is 37.0 Å². The van der Waals surface area contributed by atoms with E-state index in [1.165, 1.54) is 11.3 Å². The number of thiazole rings is 1. The fraction of sp³-hybridized carbons (Fsp3) is 0.275. The summed E-state index contributed by atoms with van der Waals surface area (Å²) in [5, 5.41) is 2.29. The van der Waals surface area contributed by atoms with Crippen molar-refractivity contribution in [2.24, 2.45) is 4.99 Å². The Balaban J connectivity index is 1.42. The lowest BCUT2D eigenvalue weighted by Gasteiger charge is -2.25. The quantitative estimate of drug-likeness (QED) is 0.0962. The molecule has 1 aliphatic rings. The molecule has 1 aromatic heterocycles. The molecule has 5 aromatic rings. The van der Waals surface area contributed by atoms with Crippen LogP contribution in [0.2, 0.25) is 0 Å². The van der Waals surface area contributed by atoms with Gasteiger partial charge in [-0.15, -0.1) is 0 Å². The summed E-state index contributed by atoms with van der Waals surface area (Å²) in [5.74, 6) is 1.73. The van der Waals surface area contributed by atoms with Gasteiger partial charge >= 0.3 is 5.97 Å².